The zero-order chi connectivity index (χ0) is 40.0. The van der Waals surface area contributed by atoms with Gasteiger partial charge in [0, 0.05) is 70.6 Å². The van der Waals surface area contributed by atoms with E-state index in [1.54, 1.807) is 0 Å². The number of nitrogens with one attached hydrogen (secondary N) is 2. The number of carbonyl (C=O) groups excluding carboxylic acids is 1. The van der Waals surface area contributed by atoms with Crippen molar-refractivity contribution in [3.8, 4) is 22.6 Å². The van der Waals surface area contributed by atoms with E-state index in [1.165, 1.54) is 22.3 Å². The number of likely N-dealkylation sites (tertiary alicyclic amines) is 1. The van der Waals surface area contributed by atoms with Gasteiger partial charge in [-0.3, -0.25) is 9.80 Å². The Labute approximate surface area is 331 Å². The number of hydrogen-bond donors (Lipinski definition) is 3. The van der Waals surface area contributed by atoms with Crippen LogP contribution in [0.5, 0.6) is 11.5 Å². The second kappa shape index (κ2) is 19.9. The molecule has 0 saturated carbocycles. The third-order valence-electron chi connectivity index (χ3n) is 10.0. The van der Waals surface area contributed by atoms with E-state index in [0.29, 0.717) is 6.54 Å². The van der Waals surface area contributed by atoms with Crippen molar-refractivity contribution in [1.29, 1.82) is 0 Å². The van der Waals surface area contributed by atoms with Crippen molar-refractivity contribution >= 4 is 17.7 Å². The summed E-state index contributed by atoms with van der Waals surface area (Å²) in [5, 5.41) is 13.7. The van der Waals surface area contributed by atoms with Crippen molar-refractivity contribution in [2.45, 2.75) is 44.7 Å². The van der Waals surface area contributed by atoms with Crippen molar-refractivity contribution in [2.75, 3.05) is 44.6 Å². The second-order valence-corrected chi connectivity index (χ2v) is 14.2. The Bertz CT molecular complexity index is 1980. The lowest BCUT2D eigenvalue weighted by Gasteiger charge is -2.38. The number of hydrogen-bond acceptors (Lipinski definition) is 6. The van der Waals surface area contributed by atoms with Crippen LogP contribution in [0.25, 0.3) is 11.1 Å². The zero-order valence-electron chi connectivity index (χ0n) is 31.7. The first-order chi connectivity index (χ1) is 27.6. The average molecular weight is 780 g/mol. The number of alkyl halides is 3. The van der Waals surface area contributed by atoms with Gasteiger partial charge < -0.3 is 25.4 Å². The third-order valence-corrected chi connectivity index (χ3v) is 10.0. The number of ether oxygens (including phenoxy) is 1. The highest BCUT2D eigenvalue weighted by Gasteiger charge is 2.38. The van der Waals surface area contributed by atoms with E-state index in [0.717, 1.165) is 87.9 Å². The van der Waals surface area contributed by atoms with Gasteiger partial charge in [-0.25, -0.2) is 9.59 Å². The van der Waals surface area contributed by atoms with Gasteiger partial charge in [-0.2, -0.15) is 13.2 Å². The normalized spacial score (nSPS) is 15.2. The summed E-state index contributed by atoms with van der Waals surface area (Å²) < 4.78 is 37.7. The first kappa shape index (κ1) is 41.0. The van der Waals surface area contributed by atoms with E-state index in [4.69, 9.17) is 14.6 Å². The van der Waals surface area contributed by atoms with Crippen LogP contribution in [0.3, 0.4) is 0 Å². The quantitative estimate of drug-likeness (QED) is 0.123. The molecular formula is C45H48F3N5O4. The van der Waals surface area contributed by atoms with Crippen molar-refractivity contribution in [3.63, 3.8) is 0 Å². The van der Waals surface area contributed by atoms with Crippen LogP contribution in [0.15, 0.2) is 133 Å². The van der Waals surface area contributed by atoms with Crippen LogP contribution in [-0.4, -0.2) is 83.3 Å². The smallest absolute Gasteiger partial charge is 0.475 e. The summed E-state index contributed by atoms with van der Waals surface area (Å²) in [7, 11) is 0. The molecule has 0 spiro atoms. The number of amides is 2. The minimum absolute atomic E-state index is 0.0765. The van der Waals surface area contributed by atoms with Gasteiger partial charge in [0.1, 0.15) is 11.5 Å². The molecule has 5 aromatic carbocycles. The van der Waals surface area contributed by atoms with Crippen LogP contribution in [0.1, 0.15) is 29.5 Å². The number of urea groups is 1. The molecule has 57 heavy (non-hydrogen) atoms. The molecule has 9 nitrogen and oxygen atoms in total. The zero-order valence-corrected chi connectivity index (χ0v) is 31.7. The van der Waals surface area contributed by atoms with Crippen molar-refractivity contribution in [3.05, 3.63) is 150 Å². The Morgan fingerprint density at radius 1 is 0.667 bits per heavy atom. The standard InChI is InChI=1S/C43H47N5O2.C2HF3O2/c49-43(45-39-19-21-42(22-20-39)50-41-9-5-2-6-10-41)48(40-23-27-46(28-24-40)31-34-7-3-1-4-8-34)33-36-13-17-38(18-14-36)37-15-11-35(12-16-37)32-47-29-25-44-26-30-47;3-2(4,5)1(6)7/h1-22,40,44H,23-33H2,(H,45,49);(H,6,7). The van der Waals surface area contributed by atoms with Gasteiger partial charge in [-0.05, 0) is 77.1 Å². The molecule has 12 heteroatoms. The van der Waals surface area contributed by atoms with Crippen LogP contribution in [0, 0.1) is 0 Å². The number of piperidine rings is 1. The minimum atomic E-state index is -5.08. The molecular weight excluding hydrogens is 732 g/mol. The lowest BCUT2D eigenvalue weighted by atomic mass is 10.00. The molecule has 2 fully saturated rings. The van der Waals surface area contributed by atoms with E-state index in [2.05, 4.69) is 99.3 Å². The number of halogens is 3. The highest BCUT2D eigenvalue weighted by atomic mass is 19.4. The topological polar surface area (TPSA) is 97.4 Å². The van der Waals surface area contributed by atoms with Gasteiger partial charge in [0.05, 0.1) is 0 Å². The maximum atomic E-state index is 14.0. The van der Waals surface area contributed by atoms with E-state index in [1.807, 2.05) is 59.5 Å². The fraction of sp³-hybridized carbons (Fsp3) is 0.289. The van der Waals surface area contributed by atoms with Gasteiger partial charge in [0.15, 0.2) is 0 Å². The number of piperazine rings is 1. The highest BCUT2D eigenvalue weighted by molar-refractivity contribution is 5.89. The molecule has 298 valence electrons. The number of carboxylic acids is 1. The summed E-state index contributed by atoms with van der Waals surface area (Å²) in [6, 6.07) is 45.7. The fourth-order valence-electron chi connectivity index (χ4n) is 6.95. The summed E-state index contributed by atoms with van der Waals surface area (Å²) >= 11 is 0. The second-order valence-electron chi connectivity index (χ2n) is 14.2. The van der Waals surface area contributed by atoms with Gasteiger partial charge in [0.25, 0.3) is 0 Å². The number of benzene rings is 5. The summed E-state index contributed by atoms with van der Waals surface area (Å²) in [5.74, 6) is -1.25. The molecule has 0 aromatic heterocycles. The predicted octanol–water partition coefficient (Wildman–Crippen LogP) is 8.88. The van der Waals surface area contributed by atoms with Crippen molar-refractivity contribution < 1.29 is 32.6 Å². The van der Waals surface area contributed by atoms with Crippen LogP contribution >= 0.6 is 0 Å². The fourth-order valence-corrected chi connectivity index (χ4v) is 6.95. The Morgan fingerprint density at radius 2 is 1.14 bits per heavy atom. The van der Waals surface area contributed by atoms with Crippen LogP contribution in [0.2, 0.25) is 0 Å². The number of para-hydroxylation sites is 1. The molecule has 2 saturated heterocycles. The first-order valence-electron chi connectivity index (χ1n) is 19.2. The molecule has 7 rings (SSSR count). The van der Waals surface area contributed by atoms with Crippen LogP contribution in [0.4, 0.5) is 23.7 Å². The summed E-state index contributed by atoms with van der Waals surface area (Å²) in [6.45, 7) is 8.72. The summed E-state index contributed by atoms with van der Waals surface area (Å²) in [4.78, 5) is 29.9. The van der Waals surface area contributed by atoms with Gasteiger partial charge in [-0.1, -0.05) is 97.1 Å². The molecule has 2 heterocycles. The highest BCUT2D eigenvalue weighted by Crippen LogP contribution is 2.27. The Kier molecular flexibility index (Phi) is 14.3. The Morgan fingerprint density at radius 3 is 1.68 bits per heavy atom. The lowest BCUT2D eigenvalue weighted by molar-refractivity contribution is -0.192. The molecule has 2 aliphatic heterocycles. The van der Waals surface area contributed by atoms with Gasteiger partial charge in [-0.15, -0.1) is 0 Å². The first-order valence-corrected chi connectivity index (χ1v) is 19.2. The van der Waals surface area contributed by atoms with E-state index in [9.17, 15) is 18.0 Å². The lowest BCUT2D eigenvalue weighted by Crippen LogP contribution is -2.48. The SMILES string of the molecule is O=C(Nc1ccc(Oc2ccccc2)cc1)N(Cc1ccc(-c2ccc(CN3CCNCC3)cc2)cc1)C1CCN(Cc2ccccc2)CC1.O=C(O)C(F)(F)F. The van der Waals surface area contributed by atoms with Crippen molar-refractivity contribution in [1.82, 2.24) is 20.0 Å². The molecule has 3 N–H and O–H groups in total. The van der Waals surface area contributed by atoms with Crippen LogP contribution < -0.4 is 15.4 Å². The molecule has 0 atom stereocenters. The Hall–Kier alpha value is -5.69. The number of anilines is 1. The van der Waals surface area contributed by atoms with E-state index in [-0.39, 0.29) is 12.1 Å². The summed E-state index contributed by atoms with van der Waals surface area (Å²) in [6.07, 6.45) is -3.22. The molecule has 5 aromatic rings. The Balaban J connectivity index is 0.000000719. The summed E-state index contributed by atoms with van der Waals surface area (Å²) in [5.41, 5.74) is 6.94. The maximum absolute atomic E-state index is 14.0. The minimum Gasteiger partial charge on any atom is -0.475 e. The number of carbonyl (C=O) groups is 2. The number of aliphatic carboxylic acids is 1. The molecule has 0 aliphatic carbocycles. The third kappa shape index (κ3) is 12.7. The van der Waals surface area contributed by atoms with E-state index < -0.39 is 12.1 Å². The number of nitrogens with zero attached hydrogens (tertiary/aromatic N) is 3. The molecule has 2 aliphatic rings. The van der Waals surface area contributed by atoms with Gasteiger partial charge >= 0.3 is 18.2 Å². The average Bonchev–Trinajstić information content (AvgIpc) is 3.23. The molecule has 2 amide bonds. The van der Waals surface area contributed by atoms with Crippen molar-refractivity contribution in [2.24, 2.45) is 0 Å². The van der Waals surface area contributed by atoms with E-state index >= 15 is 0 Å². The molecule has 0 radical (unpaired) electrons. The number of rotatable bonds is 11. The monoisotopic (exact) mass is 779 g/mol. The molecule has 0 bridgehead atoms. The maximum Gasteiger partial charge on any atom is 0.490 e. The number of carboxylic acid groups (broad SMARTS) is 1. The predicted molar refractivity (Wildman–Crippen MR) is 216 cm³/mol. The molecule has 0 unspecified atom stereocenters. The van der Waals surface area contributed by atoms with Gasteiger partial charge in [0.2, 0.25) is 0 Å². The largest absolute Gasteiger partial charge is 0.490 e. The van der Waals surface area contributed by atoms with Crippen LogP contribution in [-0.2, 0) is 24.4 Å².